The van der Waals surface area contributed by atoms with Crippen molar-refractivity contribution in [3.05, 3.63) is 65.2 Å². The predicted octanol–water partition coefficient (Wildman–Crippen LogP) is 2.36. The van der Waals surface area contributed by atoms with Crippen LogP contribution in [0, 0.1) is 6.92 Å². The molecule has 0 aliphatic carbocycles. The average Bonchev–Trinajstić information content (AvgIpc) is 2.70. The van der Waals surface area contributed by atoms with Crippen LogP contribution in [0.25, 0.3) is 0 Å². The monoisotopic (exact) mass is 380 g/mol. The summed E-state index contributed by atoms with van der Waals surface area (Å²) in [6, 6.07) is 15.6. The van der Waals surface area contributed by atoms with Crippen LogP contribution in [0.4, 0.5) is 0 Å². The first-order chi connectivity index (χ1) is 13.5. The summed E-state index contributed by atoms with van der Waals surface area (Å²) >= 11 is 0. The maximum absolute atomic E-state index is 12.2. The minimum Gasteiger partial charge on any atom is -0.507 e. The highest BCUT2D eigenvalue weighted by Gasteiger charge is 2.19. The van der Waals surface area contributed by atoms with E-state index in [4.69, 9.17) is 0 Å². The summed E-state index contributed by atoms with van der Waals surface area (Å²) in [6.45, 7) is 8.76. The molecule has 0 unspecified atom stereocenters. The fraction of sp³-hybridized carbons (Fsp3) is 0.364. The maximum Gasteiger partial charge on any atom is 0.254 e. The first kappa shape index (κ1) is 20.0. The van der Waals surface area contributed by atoms with Crippen LogP contribution in [-0.2, 0) is 11.3 Å². The zero-order valence-electron chi connectivity index (χ0n) is 16.6. The van der Waals surface area contributed by atoms with Gasteiger partial charge in [-0.1, -0.05) is 42.0 Å². The summed E-state index contributed by atoms with van der Waals surface area (Å²) < 4.78 is 0. The average molecular weight is 380 g/mol. The second kappa shape index (κ2) is 9.48. The van der Waals surface area contributed by atoms with E-state index < -0.39 is 0 Å². The number of piperazine rings is 1. The molecule has 6 nitrogen and oxygen atoms in total. The molecule has 28 heavy (non-hydrogen) atoms. The Balaban J connectivity index is 1.43. The number of nitrogens with one attached hydrogen (secondary N) is 1. The molecule has 2 aromatic rings. The van der Waals surface area contributed by atoms with Gasteiger partial charge in [0.25, 0.3) is 5.91 Å². The summed E-state index contributed by atoms with van der Waals surface area (Å²) in [5, 5.41) is 14.0. The quantitative estimate of drug-likeness (QED) is 0.596. The summed E-state index contributed by atoms with van der Waals surface area (Å²) in [6.07, 6.45) is 0. The molecule has 0 aromatic heterocycles. The number of carbonyl (C=O) groups excluding carboxylic acids is 1. The van der Waals surface area contributed by atoms with E-state index in [1.54, 1.807) is 25.1 Å². The third kappa shape index (κ3) is 5.65. The SMILES string of the molecule is C/C(=N/NC(=O)CN1CCN(Cc2ccc(C)cc2)CC1)c1ccccc1O. The molecule has 0 spiro atoms. The summed E-state index contributed by atoms with van der Waals surface area (Å²) in [5.74, 6) is 0.0180. The molecule has 2 aromatic carbocycles. The van der Waals surface area contributed by atoms with Gasteiger partial charge in [-0.2, -0.15) is 5.10 Å². The smallest absolute Gasteiger partial charge is 0.254 e. The van der Waals surface area contributed by atoms with Crippen LogP contribution in [0.2, 0.25) is 0 Å². The van der Waals surface area contributed by atoms with Gasteiger partial charge in [0.2, 0.25) is 0 Å². The Hall–Kier alpha value is -2.70. The lowest BCUT2D eigenvalue weighted by Crippen LogP contribution is -2.48. The Labute approximate surface area is 166 Å². The Morgan fingerprint density at radius 1 is 1.04 bits per heavy atom. The Morgan fingerprint density at radius 2 is 1.68 bits per heavy atom. The number of para-hydroxylation sites is 1. The number of carbonyl (C=O) groups is 1. The van der Waals surface area contributed by atoms with E-state index in [-0.39, 0.29) is 11.7 Å². The molecular formula is C22H28N4O2. The van der Waals surface area contributed by atoms with Crippen LogP contribution in [0.15, 0.2) is 53.6 Å². The second-order valence-corrected chi connectivity index (χ2v) is 7.29. The number of hydrazone groups is 1. The number of rotatable bonds is 6. The van der Waals surface area contributed by atoms with Crippen LogP contribution in [0.1, 0.15) is 23.6 Å². The molecule has 1 amide bonds. The molecule has 0 bridgehead atoms. The van der Waals surface area contributed by atoms with Crippen molar-refractivity contribution >= 4 is 11.6 Å². The zero-order chi connectivity index (χ0) is 19.9. The van der Waals surface area contributed by atoms with Crippen molar-refractivity contribution in [2.45, 2.75) is 20.4 Å². The zero-order valence-corrected chi connectivity index (χ0v) is 16.6. The number of aromatic hydroxyl groups is 1. The number of hydrogen-bond donors (Lipinski definition) is 2. The summed E-state index contributed by atoms with van der Waals surface area (Å²) in [7, 11) is 0. The Kier molecular flexibility index (Phi) is 6.79. The lowest BCUT2D eigenvalue weighted by Gasteiger charge is -2.34. The molecule has 0 saturated carbocycles. The molecule has 1 heterocycles. The van der Waals surface area contributed by atoms with Crippen molar-refractivity contribution in [2.24, 2.45) is 5.10 Å². The van der Waals surface area contributed by atoms with Gasteiger partial charge in [0, 0.05) is 38.3 Å². The minimum absolute atomic E-state index is 0.137. The molecule has 0 atom stereocenters. The molecule has 0 radical (unpaired) electrons. The number of benzene rings is 2. The van der Waals surface area contributed by atoms with Crippen LogP contribution in [-0.4, -0.2) is 59.2 Å². The van der Waals surface area contributed by atoms with Gasteiger partial charge in [0.15, 0.2) is 0 Å². The molecule has 1 aliphatic heterocycles. The van der Waals surface area contributed by atoms with Crippen molar-refractivity contribution in [2.75, 3.05) is 32.7 Å². The molecule has 1 saturated heterocycles. The molecule has 1 aliphatic rings. The Morgan fingerprint density at radius 3 is 2.36 bits per heavy atom. The normalized spacial score (nSPS) is 16.1. The largest absolute Gasteiger partial charge is 0.507 e. The van der Waals surface area contributed by atoms with Crippen molar-refractivity contribution < 1.29 is 9.90 Å². The van der Waals surface area contributed by atoms with E-state index in [9.17, 15) is 9.90 Å². The highest BCUT2D eigenvalue weighted by Crippen LogP contribution is 2.16. The van der Waals surface area contributed by atoms with E-state index in [2.05, 4.69) is 51.5 Å². The lowest BCUT2D eigenvalue weighted by atomic mass is 10.1. The number of hydrogen-bond acceptors (Lipinski definition) is 5. The van der Waals surface area contributed by atoms with Crippen LogP contribution < -0.4 is 5.43 Å². The van der Waals surface area contributed by atoms with Crippen LogP contribution in [0.5, 0.6) is 5.75 Å². The summed E-state index contributed by atoms with van der Waals surface area (Å²) in [4.78, 5) is 16.8. The molecular weight excluding hydrogens is 352 g/mol. The minimum atomic E-state index is -0.137. The number of phenols is 1. The number of nitrogens with zero attached hydrogens (tertiary/aromatic N) is 3. The van der Waals surface area contributed by atoms with Crippen LogP contribution >= 0.6 is 0 Å². The van der Waals surface area contributed by atoms with E-state index >= 15 is 0 Å². The van der Waals surface area contributed by atoms with Gasteiger partial charge < -0.3 is 5.11 Å². The van der Waals surface area contributed by atoms with Crippen molar-refractivity contribution in [1.82, 2.24) is 15.2 Å². The lowest BCUT2D eigenvalue weighted by molar-refractivity contribution is -0.122. The van der Waals surface area contributed by atoms with Gasteiger partial charge in [-0.05, 0) is 31.5 Å². The molecule has 3 rings (SSSR count). The van der Waals surface area contributed by atoms with E-state index in [1.165, 1.54) is 11.1 Å². The van der Waals surface area contributed by atoms with Crippen molar-refractivity contribution in [3.8, 4) is 5.75 Å². The fourth-order valence-electron chi connectivity index (χ4n) is 3.28. The van der Waals surface area contributed by atoms with Crippen LogP contribution in [0.3, 0.4) is 0 Å². The second-order valence-electron chi connectivity index (χ2n) is 7.29. The van der Waals surface area contributed by atoms with Crippen molar-refractivity contribution in [3.63, 3.8) is 0 Å². The fourth-order valence-corrected chi connectivity index (χ4v) is 3.28. The number of amides is 1. The molecule has 1 fully saturated rings. The summed E-state index contributed by atoms with van der Waals surface area (Å²) in [5.41, 5.74) is 6.39. The topological polar surface area (TPSA) is 68.2 Å². The van der Waals surface area contributed by atoms with Gasteiger partial charge in [-0.3, -0.25) is 14.6 Å². The first-order valence-corrected chi connectivity index (χ1v) is 9.63. The van der Waals surface area contributed by atoms with Gasteiger partial charge in [-0.25, -0.2) is 5.43 Å². The van der Waals surface area contributed by atoms with Gasteiger partial charge >= 0.3 is 0 Å². The molecule has 2 N–H and O–H groups in total. The predicted molar refractivity (Wildman–Crippen MR) is 111 cm³/mol. The van der Waals surface area contributed by atoms with Gasteiger partial charge in [0.1, 0.15) is 5.75 Å². The van der Waals surface area contributed by atoms with Gasteiger partial charge in [0.05, 0.1) is 12.3 Å². The van der Waals surface area contributed by atoms with E-state index in [0.29, 0.717) is 17.8 Å². The maximum atomic E-state index is 12.2. The Bertz CT molecular complexity index is 825. The van der Waals surface area contributed by atoms with E-state index in [1.807, 2.05) is 6.07 Å². The third-order valence-electron chi connectivity index (χ3n) is 5.00. The first-order valence-electron chi connectivity index (χ1n) is 9.63. The standard InChI is InChI=1S/C22H28N4O2/c1-17-7-9-19(10-8-17)15-25-11-13-26(14-12-25)16-22(28)24-23-18(2)20-5-3-4-6-21(20)27/h3-10,27H,11-16H2,1-2H3,(H,24,28)/b23-18-. The number of aryl methyl sites for hydroxylation is 1. The molecule has 6 heteroatoms. The number of phenolic OH excluding ortho intramolecular Hbond substituents is 1. The highest BCUT2D eigenvalue weighted by molar-refractivity contribution is 6.01. The van der Waals surface area contributed by atoms with Crippen molar-refractivity contribution in [1.29, 1.82) is 0 Å². The van der Waals surface area contributed by atoms with Gasteiger partial charge in [-0.15, -0.1) is 0 Å². The third-order valence-corrected chi connectivity index (χ3v) is 5.00. The highest BCUT2D eigenvalue weighted by atomic mass is 16.3. The molecule has 148 valence electrons. The van der Waals surface area contributed by atoms with E-state index in [0.717, 1.165) is 32.7 Å².